The van der Waals surface area contributed by atoms with E-state index in [1.54, 1.807) is 6.92 Å². The lowest BCUT2D eigenvalue weighted by Gasteiger charge is -2.20. The minimum absolute atomic E-state index is 0.537. The zero-order chi connectivity index (χ0) is 13.0. The molecule has 0 saturated carbocycles. The molecule has 0 aromatic carbocycles. The molecule has 19 heavy (non-hydrogen) atoms. The van der Waals surface area contributed by atoms with E-state index >= 15 is 0 Å². The molecule has 2 fully saturated rings. The van der Waals surface area contributed by atoms with Crippen LogP contribution in [-0.4, -0.2) is 36.1 Å². The molecule has 1 aliphatic carbocycles. The molecule has 1 aromatic heterocycles. The number of aromatic nitrogens is 2. The SMILES string of the molecule is CC1(F)CCc2cnc(N3C[C@H]4CNC[C@H]4C3)nc21. The lowest BCUT2D eigenvalue weighted by Crippen LogP contribution is -2.27. The standard InChI is InChI=1S/C14H19FN4/c1-14(15)3-2-9-6-17-13(18-12(9)14)19-7-10-4-16-5-11(10)8-19/h6,10-11,16H,2-5,7-8H2,1H3/t10-,11+,14?. The summed E-state index contributed by atoms with van der Waals surface area (Å²) in [4.78, 5) is 11.2. The van der Waals surface area contributed by atoms with Gasteiger partial charge in [0.15, 0.2) is 5.67 Å². The van der Waals surface area contributed by atoms with Crippen LogP contribution in [0.2, 0.25) is 0 Å². The van der Waals surface area contributed by atoms with Gasteiger partial charge in [-0.3, -0.25) is 0 Å². The first-order valence-electron chi connectivity index (χ1n) is 7.14. The van der Waals surface area contributed by atoms with Crippen molar-refractivity contribution in [3.63, 3.8) is 0 Å². The van der Waals surface area contributed by atoms with E-state index in [2.05, 4.69) is 20.2 Å². The van der Waals surface area contributed by atoms with Gasteiger partial charge < -0.3 is 10.2 Å². The Labute approximate surface area is 112 Å². The zero-order valence-corrected chi connectivity index (χ0v) is 11.2. The molecular formula is C14H19FN4. The van der Waals surface area contributed by atoms with Gasteiger partial charge in [-0.25, -0.2) is 14.4 Å². The normalized spacial score (nSPS) is 36.6. The number of nitrogens with zero attached hydrogens (tertiary/aromatic N) is 3. The first kappa shape index (κ1) is 11.6. The number of rotatable bonds is 1. The first-order valence-corrected chi connectivity index (χ1v) is 7.14. The largest absolute Gasteiger partial charge is 0.340 e. The van der Waals surface area contributed by atoms with Crippen LogP contribution < -0.4 is 10.2 Å². The highest BCUT2D eigenvalue weighted by molar-refractivity contribution is 5.39. The molecule has 1 N–H and O–H groups in total. The monoisotopic (exact) mass is 262 g/mol. The summed E-state index contributed by atoms with van der Waals surface area (Å²) in [6, 6.07) is 0. The molecule has 1 aromatic rings. The summed E-state index contributed by atoms with van der Waals surface area (Å²) in [5, 5.41) is 3.42. The van der Waals surface area contributed by atoms with Gasteiger partial charge in [0, 0.05) is 32.4 Å². The third-order valence-electron chi connectivity index (χ3n) is 4.88. The van der Waals surface area contributed by atoms with E-state index in [4.69, 9.17) is 0 Å². The Kier molecular flexibility index (Phi) is 2.37. The maximum absolute atomic E-state index is 14.4. The molecule has 2 saturated heterocycles. The number of fused-ring (bicyclic) bond motifs is 2. The number of aryl methyl sites for hydroxylation is 1. The molecule has 0 spiro atoms. The Hall–Kier alpha value is -1.23. The van der Waals surface area contributed by atoms with Crippen molar-refractivity contribution in [3.05, 3.63) is 17.5 Å². The molecule has 2 aliphatic heterocycles. The predicted octanol–water partition coefficient (Wildman–Crippen LogP) is 1.26. The third-order valence-corrected chi connectivity index (χ3v) is 4.88. The van der Waals surface area contributed by atoms with Crippen LogP contribution >= 0.6 is 0 Å². The van der Waals surface area contributed by atoms with Crippen molar-refractivity contribution in [3.8, 4) is 0 Å². The third kappa shape index (κ3) is 1.75. The zero-order valence-electron chi connectivity index (χ0n) is 11.2. The van der Waals surface area contributed by atoms with Gasteiger partial charge in [0.25, 0.3) is 0 Å². The van der Waals surface area contributed by atoms with Crippen LogP contribution in [0, 0.1) is 11.8 Å². The van der Waals surface area contributed by atoms with Gasteiger partial charge in [-0.2, -0.15) is 0 Å². The van der Waals surface area contributed by atoms with E-state index in [1.165, 1.54) is 0 Å². The van der Waals surface area contributed by atoms with Gasteiger partial charge in [0.05, 0.1) is 5.69 Å². The average Bonchev–Trinajstić information content (AvgIpc) is 3.02. The van der Waals surface area contributed by atoms with Crippen LogP contribution in [0.1, 0.15) is 24.6 Å². The highest BCUT2D eigenvalue weighted by atomic mass is 19.1. The van der Waals surface area contributed by atoms with E-state index in [-0.39, 0.29) is 0 Å². The Morgan fingerprint density at radius 1 is 1.37 bits per heavy atom. The van der Waals surface area contributed by atoms with Crippen LogP contribution in [0.4, 0.5) is 10.3 Å². The van der Waals surface area contributed by atoms with Crippen molar-refractivity contribution in [2.45, 2.75) is 25.4 Å². The highest BCUT2D eigenvalue weighted by Gasteiger charge is 2.40. The number of hydrogen-bond acceptors (Lipinski definition) is 4. The fourth-order valence-electron chi connectivity index (χ4n) is 3.69. The maximum Gasteiger partial charge on any atom is 0.225 e. The molecular weight excluding hydrogens is 243 g/mol. The van der Waals surface area contributed by atoms with Crippen LogP contribution in [0.5, 0.6) is 0 Å². The minimum atomic E-state index is -1.27. The second kappa shape index (κ2) is 3.88. The molecule has 3 aliphatic rings. The summed E-state index contributed by atoms with van der Waals surface area (Å²) in [5.74, 6) is 2.13. The van der Waals surface area contributed by atoms with Gasteiger partial charge in [0.1, 0.15) is 0 Å². The summed E-state index contributed by atoms with van der Waals surface area (Å²) < 4.78 is 14.4. The van der Waals surface area contributed by atoms with Crippen molar-refractivity contribution in [2.75, 3.05) is 31.1 Å². The van der Waals surface area contributed by atoms with Gasteiger partial charge >= 0.3 is 0 Å². The van der Waals surface area contributed by atoms with Crippen molar-refractivity contribution in [1.29, 1.82) is 0 Å². The quantitative estimate of drug-likeness (QED) is 0.827. The number of alkyl halides is 1. The van der Waals surface area contributed by atoms with Crippen molar-refractivity contribution in [1.82, 2.24) is 15.3 Å². The molecule has 3 heterocycles. The number of halogens is 1. The van der Waals surface area contributed by atoms with Gasteiger partial charge in [-0.05, 0) is 37.2 Å². The van der Waals surface area contributed by atoms with Crippen molar-refractivity contribution in [2.24, 2.45) is 11.8 Å². The molecule has 4 rings (SSSR count). The average molecular weight is 262 g/mol. The van der Waals surface area contributed by atoms with Crippen LogP contribution in [-0.2, 0) is 12.1 Å². The lowest BCUT2D eigenvalue weighted by atomic mass is 10.0. The Morgan fingerprint density at radius 3 is 2.84 bits per heavy atom. The lowest BCUT2D eigenvalue weighted by molar-refractivity contribution is 0.188. The number of nitrogens with one attached hydrogen (secondary N) is 1. The fraction of sp³-hybridized carbons (Fsp3) is 0.714. The van der Waals surface area contributed by atoms with E-state index in [1.807, 2.05) is 6.20 Å². The van der Waals surface area contributed by atoms with Gasteiger partial charge in [-0.15, -0.1) is 0 Å². The molecule has 4 nitrogen and oxygen atoms in total. The maximum atomic E-state index is 14.4. The summed E-state index contributed by atoms with van der Waals surface area (Å²) in [7, 11) is 0. The van der Waals surface area contributed by atoms with Crippen LogP contribution in [0.3, 0.4) is 0 Å². The topological polar surface area (TPSA) is 41.1 Å². The second-order valence-corrected chi connectivity index (χ2v) is 6.32. The predicted molar refractivity (Wildman–Crippen MR) is 70.9 cm³/mol. The molecule has 0 radical (unpaired) electrons. The smallest absolute Gasteiger partial charge is 0.225 e. The molecule has 0 bridgehead atoms. The van der Waals surface area contributed by atoms with Crippen molar-refractivity contribution >= 4 is 5.95 Å². The minimum Gasteiger partial charge on any atom is -0.340 e. The van der Waals surface area contributed by atoms with Crippen LogP contribution in [0.25, 0.3) is 0 Å². The summed E-state index contributed by atoms with van der Waals surface area (Å²) in [6.45, 7) is 5.82. The second-order valence-electron chi connectivity index (χ2n) is 6.32. The molecule has 102 valence electrons. The fourth-order valence-corrected chi connectivity index (χ4v) is 3.69. The summed E-state index contributed by atoms with van der Waals surface area (Å²) in [6.07, 6.45) is 3.13. The Morgan fingerprint density at radius 2 is 2.11 bits per heavy atom. The van der Waals surface area contributed by atoms with Crippen LogP contribution in [0.15, 0.2) is 6.20 Å². The molecule has 0 amide bonds. The molecule has 3 atom stereocenters. The van der Waals surface area contributed by atoms with Gasteiger partial charge in [0.2, 0.25) is 5.95 Å². The first-order chi connectivity index (χ1) is 9.13. The Balaban J connectivity index is 1.63. The number of hydrogen-bond donors (Lipinski definition) is 1. The highest BCUT2D eigenvalue weighted by Crippen LogP contribution is 2.39. The summed E-state index contributed by atoms with van der Waals surface area (Å²) in [5.41, 5.74) is 0.326. The Bertz CT molecular complexity index is 504. The van der Waals surface area contributed by atoms with E-state index in [0.29, 0.717) is 24.0 Å². The van der Waals surface area contributed by atoms with Crippen molar-refractivity contribution < 1.29 is 4.39 Å². The summed E-state index contributed by atoms with van der Waals surface area (Å²) >= 11 is 0. The molecule has 5 heteroatoms. The van der Waals surface area contributed by atoms with E-state index in [0.717, 1.165) is 44.1 Å². The van der Waals surface area contributed by atoms with E-state index < -0.39 is 5.67 Å². The van der Waals surface area contributed by atoms with E-state index in [9.17, 15) is 4.39 Å². The molecule has 1 unspecified atom stereocenters. The number of anilines is 1. The van der Waals surface area contributed by atoms with Gasteiger partial charge in [-0.1, -0.05) is 0 Å².